The number of fused-ring (bicyclic) bond motifs is 1. The summed E-state index contributed by atoms with van der Waals surface area (Å²) in [6, 6.07) is 3.65. The molecule has 3 rings (SSSR count). The molecular formula is C13H14N8S. The number of thiocarbonyl (C=S) groups is 1. The fourth-order valence-corrected chi connectivity index (χ4v) is 2.13. The first-order chi connectivity index (χ1) is 10.7. The molecule has 0 aliphatic carbocycles. The molecule has 22 heavy (non-hydrogen) atoms. The topological polar surface area (TPSA) is 93.4 Å². The van der Waals surface area contributed by atoms with Crippen LogP contribution in [0.25, 0.3) is 22.6 Å². The maximum atomic E-state index is 5.14. The summed E-state index contributed by atoms with van der Waals surface area (Å²) in [5.41, 5.74) is 2.50. The Labute approximate surface area is 132 Å². The number of hydrogen-bond donors (Lipinski definition) is 2. The maximum Gasteiger partial charge on any atom is 0.180 e. The van der Waals surface area contributed by atoms with Crippen molar-refractivity contribution >= 4 is 34.3 Å². The SMILES string of the molecule is CCNC(=S)Nc1ccc2ncc(-c3cn(C)nn3)nc2n1. The molecule has 0 fully saturated rings. The number of nitrogens with one attached hydrogen (secondary N) is 2. The zero-order chi connectivity index (χ0) is 15.5. The van der Waals surface area contributed by atoms with E-state index in [0.29, 0.717) is 33.5 Å². The number of aryl methyl sites for hydroxylation is 1. The molecule has 2 N–H and O–H groups in total. The molecule has 0 bridgehead atoms. The van der Waals surface area contributed by atoms with Crippen LogP contribution in [-0.2, 0) is 7.05 Å². The van der Waals surface area contributed by atoms with E-state index >= 15 is 0 Å². The summed E-state index contributed by atoms with van der Waals surface area (Å²) in [6.07, 6.45) is 3.43. The van der Waals surface area contributed by atoms with E-state index < -0.39 is 0 Å². The van der Waals surface area contributed by atoms with E-state index in [2.05, 4.69) is 35.9 Å². The summed E-state index contributed by atoms with van der Waals surface area (Å²) in [4.78, 5) is 13.2. The fourth-order valence-electron chi connectivity index (χ4n) is 1.88. The van der Waals surface area contributed by atoms with Crippen LogP contribution in [0.5, 0.6) is 0 Å². The Kier molecular flexibility index (Phi) is 3.88. The third kappa shape index (κ3) is 2.98. The number of aromatic nitrogens is 6. The third-order valence-corrected chi connectivity index (χ3v) is 3.10. The van der Waals surface area contributed by atoms with Gasteiger partial charge < -0.3 is 10.6 Å². The molecule has 8 nitrogen and oxygen atoms in total. The highest BCUT2D eigenvalue weighted by molar-refractivity contribution is 7.80. The van der Waals surface area contributed by atoms with Gasteiger partial charge in [-0.25, -0.2) is 9.97 Å². The summed E-state index contributed by atoms with van der Waals surface area (Å²) in [5, 5.41) is 14.4. The summed E-state index contributed by atoms with van der Waals surface area (Å²) in [7, 11) is 1.80. The molecule has 0 spiro atoms. The molecule has 0 amide bonds. The predicted molar refractivity (Wildman–Crippen MR) is 87.2 cm³/mol. The molecule has 3 aromatic rings. The lowest BCUT2D eigenvalue weighted by Gasteiger charge is -2.08. The van der Waals surface area contributed by atoms with Gasteiger partial charge in [-0.05, 0) is 31.3 Å². The van der Waals surface area contributed by atoms with Crippen LogP contribution in [-0.4, -0.2) is 41.6 Å². The van der Waals surface area contributed by atoms with Crippen molar-refractivity contribution in [1.29, 1.82) is 0 Å². The van der Waals surface area contributed by atoms with Crippen LogP contribution < -0.4 is 10.6 Å². The molecule has 9 heteroatoms. The quantitative estimate of drug-likeness (QED) is 0.695. The van der Waals surface area contributed by atoms with Gasteiger partial charge in [0.15, 0.2) is 10.8 Å². The second-order valence-electron chi connectivity index (χ2n) is 4.56. The van der Waals surface area contributed by atoms with E-state index in [0.717, 1.165) is 6.54 Å². The Hall–Kier alpha value is -2.68. The minimum Gasteiger partial charge on any atom is -0.363 e. The minimum atomic E-state index is 0.521. The minimum absolute atomic E-state index is 0.521. The van der Waals surface area contributed by atoms with Gasteiger partial charge in [-0.15, -0.1) is 5.10 Å². The van der Waals surface area contributed by atoms with E-state index in [1.54, 1.807) is 24.1 Å². The third-order valence-electron chi connectivity index (χ3n) is 2.85. The fraction of sp³-hybridized carbons (Fsp3) is 0.231. The van der Waals surface area contributed by atoms with Crippen molar-refractivity contribution in [3.8, 4) is 11.4 Å². The first-order valence-electron chi connectivity index (χ1n) is 6.71. The Bertz CT molecular complexity index is 828. The first-order valence-corrected chi connectivity index (χ1v) is 7.12. The molecule has 3 heterocycles. The van der Waals surface area contributed by atoms with Crippen LogP contribution in [0.4, 0.5) is 5.82 Å². The van der Waals surface area contributed by atoms with Crippen molar-refractivity contribution in [3.05, 3.63) is 24.5 Å². The van der Waals surface area contributed by atoms with Gasteiger partial charge in [0.25, 0.3) is 0 Å². The van der Waals surface area contributed by atoms with Gasteiger partial charge in [0.05, 0.1) is 12.4 Å². The zero-order valence-corrected chi connectivity index (χ0v) is 12.9. The van der Waals surface area contributed by atoms with E-state index in [4.69, 9.17) is 12.2 Å². The second-order valence-corrected chi connectivity index (χ2v) is 4.96. The lowest BCUT2D eigenvalue weighted by molar-refractivity contribution is 0.715. The van der Waals surface area contributed by atoms with Crippen molar-refractivity contribution in [2.45, 2.75) is 6.92 Å². The van der Waals surface area contributed by atoms with Gasteiger partial charge in [-0.2, -0.15) is 0 Å². The molecule has 0 atom stereocenters. The summed E-state index contributed by atoms with van der Waals surface area (Å²) >= 11 is 5.14. The standard InChI is InChI=1S/C13H14N8S/c1-3-14-13(22)18-11-5-4-8-12(17-11)16-9(6-15-8)10-7-21(2)20-19-10/h4-7H,3H2,1-2H3,(H2,14,16,17,18,22). The average Bonchev–Trinajstić information content (AvgIpc) is 2.93. The smallest absolute Gasteiger partial charge is 0.180 e. The summed E-state index contributed by atoms with van der Waals surface area (Å²) in [6.45, 7) is 2.72. The lowest BCUT2D eigenvalue weighted by Crippen LogP contribution is -2.28. The molecular weight excluding hydrogens is 300 g/mol. The Morgan fingerprint density at radius 1 is 1.27 bits per heavy atom. The first kappa shape index (κ1) is 14.3. The highest BCUT2D eigenvalue weighted by atomic mass is 32.1. The van der Waals surface area contributed by atoms with Crippen molar-refractivity contribution < 1.29 is 0 Å². The number of nitrogens with zero attached hydrogens (tertiary/aromatic N) is 6. The van der Waals surface area contributed by atoms with Crippen LogP contribution >= 0.6 is 12.2 Å². The maximum absolute atomic E-state index is 5.14. The molecule has 0 unspecified atom stereocenters. The summed E-state index contributed by atoms with van der Waals surface area (Å²) in [5.74, 6) is 0.615. The van der Waals surface area contributed by atoms with Crippen molar-refractivity contribution in [3.63, 3.8) is 0 Å². The lowest BCUT2D eigenvalue weighted by atomic mass is 10.3. The van der Waals surface area contributed by atoms with Crippen LogP contribution in [0.3, 0.4) is 0 Å². The normalized spacial score (nSPS) is 10.6. The van der Waals surface area contributed by atoms with E-state index in [9.17, 15) is 0 Å². The summed E-state index contributed by atoms with van der Waals surface area (Å²) < 4.78 is 1.61. The van der Waals surface area contributed by atoms with Gasteiger partial charge in [0, 0.05) is 13.6 Å². The zero-order valence-electron chi connectivity index (χ0n) is 12.1. The number of anilines is 1. The molecule has 0 aromatic carbocycles. The van der Waals surface area contributed by atoms with Gasteiger partial charge in [-0.1, -0.05) is 5.21 Å². The van der Waals surface area contributed by atoms with Gasteiger partial charge in [-0.3, -0.25) is 9.67 Å². The average molecular weight is 314 g/mol. The van der Waals surface area contributed by atoms with E-state index in [1.807, 2.05) is 19.1 Å². The van der Waals surface area contributed by atoms with Crippen LogP contribution in [0.1, 0.15) is 6.92 Å². The Balaban J connectivity index is 1.94. The Morgan fingerprint density at radius 2 is 2.14 bits per heavy atom. The van der Waals surface area contributed by atoms with Crippen LogP contribution in [0.2, 0.25) is 0 Å². The largest absolute Gasteiger partial charge is 0.363 e. The monoisotopic (exact) mass is 314 g/mol. The van der Waals surface area contributed by atoms with E-state index in [-0.39, 0.29) is 0 Å². The number of pyridine rings is 1. The highest BCUT2D eigenvalue weighted by Gasteiger charge is 2.08. The van der Waals surface area contributed by atoms with Crippen LogP contribution in [0, 0.1) is 0 Å². The van der Waals surface area contributed by atoms with Gasteiger partial charge in [0.1, 0.15) is 22.7 Å². The van der Waals surface area contributed by atoms with E-state index in [1.165, 1.54) is 0 Å². The van der Waals surface area contributed by atoms with Gasteiger partial charge >= 0.3 is 0 Å². The van der Waals surface area contributed by atoms with Crippen molar-refractivity contribution in [1.82, 2.24) is 35.3 Å². The van der Waals surface area contributed by atoms with Crippen molar-refractivity contribution in [2.75, 3.05) is 11.9 Å². The number of rotatable bonds is 3. The predicted octanol–water partition coefficient (Wildman–Crippen LogP) is 1.13. The molecule has 0 saturated heterocycles. The van der Waals surface area contributed by atoms with Gasteiger partial charge in [0.2, 0.25) is 0 Å². The molecule has 112 valence electrons. The van der Waals surface area contributed by atoms with Crippen LogP contribution in [0.15, 0.2) is 24.5 Å². The van der Waals surface area contributed by atoms with Crippen molar-refractivity contribution in [2.24, 2.45) is 7.05 Å². The Morgan fingerprint density at radius 3 is 2.86 bits per heavy atom. The number of hydrogen-bond acceptors (Lipinski definition) is 6. The molecule has 0 radical (unpaired) electrons. The molecule has 0 aliphatic rings. The second kappa shape index (κ2) is 5.98. The molecule has 3 aromatic heterocycles. The molecule has 0 aliphatic heterocycles. The molecule has 0 saturated carbocycles. The highest BCUT2D eigenvalue weighted by Crippen LogP contribution is 2.17.